The van der Waals surface area contributed by atoms with Gasteiger partial charge in [0.15, 0.2) is 9.84 Å². The van der Waals surface area contributed by atoms with Crippen LogP contribution in [0.1, 0.15) is 13.3 Å². The Labute approximate surface area is 82.6 Å². The Hall–Kier alpha value is -0.230. The lowest BCUT2D eigenvalue weighted by Crippen LogP contribution is -2.18. The molecule has 0 atom stereocenters. The molecule has 0 rings (SSSR count). The number of carbonyl (C=O) groups is 1. The predicted molar refractivity (Wildman–Crippen MR) is 53.9 cm³/mol. The summed E-state index contributed by atoms with van der Waals surface area (Å²) in [5, 5.41) is 8.27. The molecule has 0 radical (unpaired) electrons. The quantitative estimate of drug-likeness (QED) is 0.645. The van der Waals surface area contributed by atoms with Crippen molar-refractivity contribution < 1.29 is 18.3 Å². The summed E-state index contributed by atoms with van der Waals surface area (Å²) in [4.78, 5) is 10.1. The molecule has 0 aromatic rings. The minimum atomic E-state index is -3.37. The molecule has 4 nitrogen and oxygen atoms in total. The van der Waals surface area contributed by atoms with Crippen LogP contribution in [0.3, 0.4) is 0 Å². The monoisotopic (exact) mass is 226 g/mol. The van der Waals surface area contributed by atoms with Crippen LogP contribution in [0.15, 0.2) is 0 Å². The number of sulfone groups is 1. The van der Waals surface area contributed by atoms with Gasteiger partial charge in [-0.3, -0.25) is 4.79 Å². The Morgan fingerprint density at radius 2 is 2.08 bits per heavy atom. The molecule has 0 aliphatic carbocycles. The van der Waals surface area contributed by atoms with E-state index >= 15 is 0 Å². The molecule has 0 saturated carbocycles. The third-order valence-corrected chi connectivity index (χ3v) is 3.87. The van der Waals surface area contributed by atoms with Gasteiger partial charge in [-0.2, -0.15) is 11.8 Å². The predicted octanol–water partition coefficient (Wildman–Crippen LogP) is 0.629. The number of hydrogen-bond donors (Lipinski definition) is 1. The summed E-state index contributed by atoms with van der Waals surface area (Å²) in [6.45, 7) is 2.00. The van der Waals surface area contributed by atoms with E-state index in [4.69, 9.17) is 5.11 Å². The minimum Gasteiger partial charge on any atom is -0.480 e. The van der Waals surface area contributed by atoms with Crippen LogP contribution in [-0.2, 0) is 14.6 Å². The third-order valence-electron chi connectivity index (χ3n) is 1.29. The lowest BCUT2D eigenvalue weighted by atomic mass is 10.6. The average Bonchev–Trinajstić information content (AvgIpc) is 1.95. The molecular formula is C7H14O4S2. The molecule has 0 aliphatic heterocycles. The van der Waals surface area contributed by atoms with Gasteiger partial charge in [-0.25, -0.2) is 8.42 Å². The third kappa shape index (κ3) is 8.11. The van der Waals surface area contributed by atoms with Crippen molar-refractivity contribution in [3.05, 3.63) is 0 Å². The Kier molecular flexibility index (Phi) is 6.15. The summed E-state index contributed by atoms with van der Waals surface area (Å²) in [6, 6.07) is 0. The fraction of sp³-hybridized carbons (Fsp3) is 0.857. The van der Waals surface area contributed by atoms with Crippen molar-refractivity contribution in [2.75, 3.05) is 23.0 Å². The van der Waals surface area contributed by atoms with Crippen molar-refractivity contribution >= 4 is 27.6 Å². The number of thioether (sulfide) groups is 1. The second-order valence-corrected chi connectivity index (χ2v) is 6.11. The van der Waals surface area contributed by atoms with Crippen LogP contribution < -0.4 is 0 Å². The van der Waals surface area contributed by atoms with E-state index in [9.17, 15) is 13.2 Å². The zero-order chi connectivity index (χ0) is 10.3. The molecule has 6 heteroatoms. The van der Waals surface area contributed by atoms with Crippen molar-refractivity contribution in [3.63, 3.8) is 0 Å². The topological polar surface area (TPSA) is 71.4 Å². The van der Waals surface area contributed by atoms with Gasteiger partial charge < -0.3 is 5.11 Å². The summed E-state index contributed by atoms with van der Waals surface area (Å²) >= 11 is 1.66. The molecule has 13 heavy (non-hydrogen) atoms. The number of carboxylic acid groups (broad SMARTS) is 1. The summed E-state index contributed by atoms with van der Waals surface area (Å²) in [5.74, 6) is -0.312. The highest BCUT2D eigenvalue weighted by molar-refractivity contribution is 7.99. The minimum absolute atomic E-state index is 0.0215. The van der Waals surface area contributed by atoms with Crippen LogP contribution in [-0.4, -0.2) is 42.5 Å². The van der Waals surface area contributed by atoms with Crippen LogP contribution in [0.25, 0.3) is 0 Å². The van der Waals surface area contributed by atoms with E-state index in [-0.39, 0.29) is 5.75 Å². The molecule has 0 aromatic carbocycles. The first-order chi connectivity index (χ1) is 5.98. The van der Waals surface area contributed by atoms with Crippen molar-refractivity contribution in [1.29, 1.82) is 0 Å². The van der Waals surface area contributed by atoms with Crippen molar-refractivity contribution in [1.82, 2.24) is 0 Å². The highest BCUT2D eigenvalue weighted by Crippen LogP contribution is 2.03. The Balaban J connectivity index is 3.71. The van der Waals surface area contributed by atoms with E-state index in [1.165, 1.54) is 0 Å². The van der Waals surface area contributed by atoms with E-state index in [0.717, 1.165) is 11.5 Å². The molecule has 0 saturated heterocycles. The summed E-state index contributed by atoms with van der Waals surface area (Å²) < 4.78 is 22.0. The Morgan fingerprint density at radius 3 is 2.54 bits per heavy atom. The van der Waals surface area contributed by atoms with E-state index in [1.54, 1.807) is 11.8 Å². The molecule has 0 unspecified atom stereocenters. The molecule has 78 valence electrons. The number of hydrogen-bond acceptors (Lipinski definition) is 4. The molecule has 1 N–H and O–H groups in total. The van der Waals surface area contributed by atoms with Gasteiger partial charge in [0.1, 0.15) is 5.75 Å². The fourth-order valence-corrected chi connectivity index (χ4v) is 2.71. The summed E-state index contributed by atoms with van der Waals surface area (Å²) in [7, 11) is -3.37. The van der Waals surface area contributed by atoms with Gasteiger partial charge >= 0.3 is 5.97 Å². The van der Waals surface area contributed by atoms with Gasteiger partial charge in [0.25, 0.3) is 0 Å². The SMILES string of the molecule is CCSCCCS(=O)(=O)CC(=O)O. The molecule has 0 bridgehead atoms. The maximum Gasteiger partial charge on any atom is 0.318 e. The van der Waals surface area contributed by atoms with Crippen LogP contribution in [0, 0.1) is 0 Å². The Bertz CT molecular complexity index is 245. The summed E-state index contributed by atoms with van der Waals surface area (Å²) in [5.41, 5.74) is 0. The zero-order valence-electron chi connectivity index (χ0n) is 7.52. The van der Waals surface area contributed by atoms with Crippen molar-refractivity contribution in [3.8, 4) is 0 Å². The first kappa shape index (κ1) is 12.8. The van der Waals surface area contributed by atoms with Gasteiger partial charge in [0.05, 0.1) is 5.75 Å². The van der Waals surface area contributed by atoms with Gasteiger partial charge in [-0.1, -0.05) is 6.92 Å². The second kappa shape index (κ2) is 6.26. The Morgan fingerprint density at radius 1 is 1.46 bits per heavy atom. The van der Waals surface area contributed by atoms with E-state index in [1.807, 2.05) is 6.92 Å². The molecule has 0 spiro atoms. The highest BCUT2D eigenvalue weighted by Gasteiger charge is 2.14. The molecule has 0 fully saturated rings. The lowest BCUT2D eigenvalue weighted by Gasteiger charge is -2.00. The maximum atomic E-state index is 11.0. The maximum absolute atomic E-state index is 11.0. The smallest absolute Gasteiger partial charge is 0.318 e. The lowest BCUT2D eigenvalue weighted by molar-refractivity contribution is -0.134. The average molecular weight is 226 g/mol. The van der Waals surface area contributed by atoms with Gasteiger partial charge in [-0.05, 0) is 17.9 Å². The number of rotatable bonds is 7. The number of aliphatic carboxylic acids is 1. The van der Waals surface area contributed by atoms with Gasteiger partial charge in [0, 0.05) is 0 Å². The van der Waals surface area contributed by atoms with Crippen molar-refractivity contribution in [2.24, 2.45) is 0 Å². The molecule has 0 aliphatic rings. The molecule has 0 amide bonds. The molecule has 0 heterocycles. The first-order valence-corrected chi connectivity index (χ1v) is 6.95. The van der Waals surface area contributed by atoms with Crippen LogP contribution >= 0.6 is 11.8 Å². The molecular weight excluding hydrogens is 212 g/mol. The summed E-state index contributed by atoms with van der Waals surface area (Å²) in [6.07, 6.45) is 0.536. The highest BCUT2D eigenvalue weighted by atomic mass is 32.2. The van der Waals surface area contributed by atoms with Gasteiger partial charge in [-0.15, -0.1) is 0 Å². The molecule has 0 aromatic heterocycles. The fourth-order valence-electron chi connectivity index (χ4n) is 0.786. The van der Waals surface area contributed by atoms with Gasteiger partial charge in [0.2, 0.25) is 0 Å². The van der Waals surface area contributed by atoms with Crippen molar-refractivity contribution in [2.45, 2.75) is 13.3 Å². The van der Waals surface area contributed by atoms with Crippen LogP contribution in [0.5, 0.6) is 0 Å². The standard InChI is InChI=1S/C7H14O4S2/c1-2-12-4-3-5-13(10,11)6-7(8)9/h2-6H2,1H3,(H,8,9). The number of carboxylic acids is 1. The zero-order valence-corrected chi connectivity index (χ0v) is 9.16. The van der Waals surface area contributed by atoms with E-state index in [0.29, 0.717) is 6.42 Å². The van der Waals surface area contributed by atoms with E-state index in [2.05, 4.69) is 0 Å². The second-order valence-electron chi connectivity index (χ2n) is 2.54. The van der Waals surface area contributed by atoms with E-state index < -0.39 is 21.6 Å². The van der Waals surface area contributed by atoms with Crippen LogP contribution in [0.2, 0.25) is 0 Å². The normalized spacial score (nSPS) is 11.5. The largest absolute Gasteiger partial charge is 0.480 e. The first-order valence-electron chi connectivity index (χ1n) is 3.98. The van der Waals surface area contributed by atoms with Crippen LogP contribution in [0.4, 0.5) is 0 Å².